The van der Waals surface area contributed by atoms with E-state index in [-0.39, 0.29) is 0 Å². The van der Waals surface area contributed by atoms with Gasteiger partial charge in [0.25, 0.3) is 0 Å². The van der Waals surface area contributed by atoms with E-state index < -0.39 is 0 Å². The molecule has 2 nitrogen and oxygen atoms in total. The molecule has 0 N–H and O–H groups in total. The van der Waals surface area contributed by atoms with E-state index in [0.29, 0.717) is 0 Å². The second-order valence-corrected chi connectivity index (χ2v) is 4.35. The van der Waals surface area contributed by atoms with Gasteiger partial charge in [0.1, 0.15) is 5.82 Å². The molecule has 1 aromatic heterocycles. The maximum Gasteiger partial charge on any atom is 0.111 e. The van der Waals surface area contributed by atoms with E-state index in [1.807, 2.05) is 12.4 Å². The number of nitrogens with zero attached hydrogens (tertiary/aromatic N) is 2. The highest BCUT2D eigenvalue weighted by Crippen LogP contribution is 2.34. The summed E-state index contributed by atoms with van der Waals surface area (Å²) in [6, 6.07) is 0. The van der Waals surface area contributed by atoms with Gasteiger partial charge in [-0.05, 0) is 18.8 Å². The number of hydrogen-bond donors (Lipinski definition) is 0. The summed E-state index contributed by atoms with van der Waals surface area (Å²) in [5, 5.41) is 0. The minimum Gasteiger partial charge on any atom is -0.338 e. The second-order valence-electron chi connectivity index (χ2n) is 4.35. The molecule has 0 bridgehead atoms. The van der Waals surface area contributed by atoms with E-state index in [1.54, 1.807) is 0 Å². The summed E-state index contributed by atoms with van der Waals surface area (Å²) in [6.07, 6.45) is 9.35. The van der Waals surface area contributed by atoms with Crippen molar-refractivity contribution in [1.82, 2.24) is 9.55 Å². The zero-order chi connectivity index (χ0) is 9.26. The van der Waals surface area contributed by atoms with E-state index in [4.69, 9.17) is 0 Å². The van der Waals surface area contributed by atoms with Gasteiger partial charge in [-0.2, -0.15) is 0 Å². The number of aromatic nitrogens is 2. The molecule has 1 aromatic rings. The Bertz CT molecular complexity index is 269. The van der Waals surface area contributed by atoms with Crippen LogP contribution >= 0.6 is 0 Å². The van der Waals surface area contributed by atoms with Gasteiger partial charge in [0.15, 0.2) is 0 Å². The first-order valence-corrected chi connectivity index (χ1v) is 5.24. The van der Waals surface area contributed by atoms with Crippen molar-refractivity contribution in [3.05, 3.63) is 18.2 Å². The highest BCUT2D eigenvalue weighted by atomic mass is 15.0. The fourth-order valence-electron chi connectivity index (χ4n) is 2.29. The molecule has 0 spiro atoms. The van der Waals surface area contributed by atoms with E-state index in [9.17, 15) is 0 Å². The van der Waals surface area contributed by atoms with Crippen LogP contribution in [0.4, 0.5) is 0 Å². The molecule has 13 heavy (non-hydrogen) atoms. The smallest absolute Gasteiger partial charge is 0.111 e. The minimum absolute atomic E-state index is 0.719. The lowest BCUT2D eigenvalue weighted by atomic mass is 9.82. The largest absolute Gasteiger partial charge is 0.338 e. The summed E-state index contributed by atoms with van der Waals surface area (Å²) in [5.74, 6) is 2.93. The van der Waals surface area contributed by atoms with Gasteiger partial charge in [0.2, 0.25) is 0 Å². The molecule has 72 valence electrons. The Labute approximate surface area is 80.0 Å². The van der Waals surface area contributed by atoms with Crippen LogP contribution < -0.4 is 0 Å². The molecule has 0 saturated heterocycles. The van der Waals surface area contributed by atoms with Crippen LogP contribution in [0.2, 0.25) is 0 Å². The molecule has 0 radical (unpaired) electrons. The molecular formula is C11H18N2. The predicted octanol–water partition coefficient (Wildman–Crippen LogP) is 2.71. The van der Waals surface area contributed by atoms with Gasteiger partial charge < -0.3 is 4.57 Å². The van der Waals surface area contributed by atoms with E-state index in [0.717, 1.165) is 11.8 Å². The van der Waals surface area contributed by atoms with E-state index in [1.165, 1.54) is 31.5 Å². The van der Waals surface area contributed by atoms with Crippen LogP contribution in [-0.2, 0) is 7.05 Å². The Hall–Kier alpha value is -0.790. The zero-order valence-electron chi connectivity index (χ0n) is 8.53. The molecule has 1 heterocycles. The average Bonchev–Trinajstić information content (AvgIpc) is 2.53. The molecule has 2 rings (SSSR count). The standard InChI is InChI=1S/C11H18N2/c1-9-3-5-10(6-4-9)11-12-7-8-13(11)2/h7-10H,3-6H2,1-2H3/t9-,10-. The van der Waals surface area contributed by atoms with Crippen molar-refractivity contribution in [2.75, 3.05) is 0 Å². The minimum atomic E-state index is 0.719. The van der Waals surface area contributed by atoms with Crippen LogP contribution in [0.3, 0.4) is 0 Å². The summed E-state index contributed by atoms with van der Waals surface area (Å²) in [7, 11) is 2.10. The summed E-state index contributed by atoms with van der Waals surface area (Å²) in [4.78, 5) is 4.43. The van der Waals surface area contributed by atoms with Crippen LogP contribution in [0.15, 0.2) is 12.4 Å². The summed E-state index contributed by atoms with van der Waals surface area (Å²) in [5.41, 5.74) is 0. The SMILES string of the molecule is Cn1ccnc1[C@H]1CC[C@H](C)CC1. The summed E-state index contributed by atoms with van der Waals surface area (Å²) in [6.45, 7) is 2.36. The number of aryl methyl sites for hydroxylation is 1. The predicted molar refractivity (Wildman–Crippen MR) is 53.6 cm³/mol. The first-order valence-electron chi connectivity index (χ1n) is 5.24. The van der Waals surface area contributed by atoms with Crippen LogP contribution in [0.1, 0.15) is 44.3 Å². The fourth-order valence-corrected chi connectivity index (χ4v) is 2.29. The normalized spacial score (nSPS) is 29.1. The summed E-state index contributed by atoms with van der Waals surface area (Å²) >= 11 is 0. The van der Waals surface area contributed by atoms with Crippen LogP contribution in [0, 0.1) is 5.92 Å². The quantitative estimate of drug-likeness (QED) is 0.646. The molecule has 1 saturated carbocycles. The van der Waals surface area contributed by atoms with E-state index >= 15 is 0 Å². The topological polar surface area (TPSA) is 17.8 Å². The highest BCUT2D eigenvalue weighted by Gasteiger charge is 2.22. The molecule has 2 heteroatoms. The van der Waals surface area contributed by atoms with Gasteiger partial charge in [-0.3, -0.25) is 0 Å². The zero-order valence-corrected chi connectivity index (χ0v) is 8.53. The van der Waals surface area contributed by atoms with Gasteiger partial charge in [0, 0.05) is 25.4 Å². The van der Waals surface area contributed by atoms with Gasteiger partial charge in [-0.25, -0.2) is 4.98 Å². The molecule has 0 aromatic carbocycles. The van der Waals surface area contributed by atoms with Crippen molar-refractivity contribution in [1.29, 1.82) is 0 Å². The molecular weight excluding hydrogens is 160 g/mol. The molecule has 0 atom stereocenters. The highest BCUT2D eigenvalue weighted by molar-refractivity contribution is 5.01. The van der Waals surface area contributed by atoms with Crippen LogP contribution in [0.25, 0.3) is 0 Å². The summed E-state index contributed by atoms with van der Waals surface area (Å²) < 4.78 is 2.17. The van der Waals surface area contributed by atoms with Gasteiger partial charge in [-0.1, -0.05) is 19.8 Å². The molecule has 1 aliphatic carbocycles. The monoisotopic (exact) mass is 178 g/mol. The van der Waals surface area contributed by atoms with Crippen molar-refractivity contribution >= 4 is 0 Å². The lowest BCUT2D eigenvalue weighted by Gasteiger charge is -2.25. The Balaban J connectivity index is 2.06. The second kappa shape index (κ2) is 3.52. The Kier molecular flexibility index (Phi) is 2.38. The number of hydrogen-bond acceptors (Lipinski definition) is 1. The first kappa shape index (κ1) is 8.79. The van der Waals surface area contributed by atoms with Crippen LogP contribution in [0.5, 0.6) is 0 Å². The lowest BCUT2D eigenvalue weighted by Crippen LogP contribution is -2.14. The number of imidazole rings is 1. The molecule has 0 unspecified atom stereocenters. The third-order valence-corrected chi connectivity index (χ3v) is 3.24. The van der Waals surface area contributed by atoms with Gasteiger partial charge in [-0.15, -0.1) is 0 Å². The fraction of sp³-hybridized carbons (Fsp3) is 0.727. The third-order valence-electron chi connectivity index (χ3n) is 3.24. The molecule has 0 aliphatic heterocycles. The molecule has 1 aliphatic rings. The molecule has 1 fully saturated rings. The average molecular weight is 178 g/mol. The third kappa shape index (κ3) is 1.77. The van der Waals surface area contributed by atoms with Gasteiger partial charge >= 0.3 is 0 Å². The van der Waals surface area contributed by atoms with Crippen molar-refractivity contribution in [2.45, 2.75) is 38.5 Å². The Morgan fingerprint density at radius 3 is 2.54 bits per heavy atom. The Morgan fingerprint density at radius 2 is 2.00 bits per heavy atom. The van der Waals surface area contributed by atoms with Crippen molar-refractivity contribution < 1.29 is 0 Å². The van der Waals surface area contributed by atoms with Crippen LogP contribution in [-0.4, -0.2) is 9.55 Å². The van der Waals surface area contributed by atoms with Gasteiger partial charge in [0.05, 0.1) is 0 Å². The van der Waals surface area contributed by atoms with E-state index in [2.05, 4.69) is 23.5 Å². The Morgan fingerprint density at radius 1 is 1.31 bits per heavy atom. The number of rotatable bonds is 1. The van der Waals surface area contributed by atoms with Crippen molar-refractivity contribution in [3.63, 3.8) is 0 Å². The maximum atomic E-state index is 4.43. The van der Waals surface area contributed by atoms with Crippen molar-refractivity contribution in [3.8, 4) is 0 Å². The maximum absolute atomic E-state index is 4.43. The van der Waals surface area contributed by atoms with Crippen molar-refractivity contribution in [2.24, 2.45) is 13.0 Å². The lowest BCUT2D eigenvalue weighted by molar-refractivity contribution is 0.336. The first-order chi connectivity index (χ1) is 6.27. The molecule has 0 amide bonds.